The number of fused-ring (bicyclic) bond motifs is 1. The number of imidazole rings is 1. The number of carbonyl (C=O) groups excluding carboxylic acids is 2. The van der Waals surface area contributed by atoms with Crippen molar-refractivity contribution >= 4 is 28.7 Å². The van der Waals surface area contributed by atoms with E-state index >= 15 is 0 Å². The summed E-state index contributed by atoms with van der Waals surface area (Å²) in [5.41, 5.74) is 8.46. The molecule has 0 aliphatic heterocycles. The lowest BCUT2D eigenvalue weighted by atomic mass is 9.98. The number of carboxylic acids is 1. The van der Waals surface area contributed by atoms with Gasteiger partial charge in [0.1, 0.15) is 12.1 Å². The summed E-state index contributed by atoms with van der Waals surface area (Å²) >= 11 is 0. The van der Waals surface area contributed by atoms with Gasteiger partial charge in [-0.15, -0.1) is 0 Å². The third-order valence-electron chi connectivity index (χ3n) is 5.84. The van der Waals surface area contributed by atoms with Crippen molar-refractivity contribution in [3.8, 4) is 0 Å². The normalized spacial score (nSPS) is 14.9. The minimum atomic E-state index is -1.12. The second kappa shape index (κ2) is 10.8. The third kappa shape index (κ3) is 5.98. The first-order chi connectivity index (χ1) is 15.8. The van der Waals surface area contributed by atoms with Gasteiger partial charge in [-0.1, -0.05) is 38.5 Å². The number of nitrogens with two attached hydrogens (primary N) is 1. The summed E-state index contributed by atoms with van der Waals surface area (Å²) in [6.45, 7) is 3.61. The lowest BCUT2D eigenvalue weighted by Gasteiger charge is -2.25. The number of hydrogen-bond acceptors (Lipinski definition) is 5. The molecule has 2 heterocycles. The predicted octanol–water partition coefficient (Wildman–Crippen LogP) is 1.10. The van der Waals surface area contributed by atoms with Crippen LogP contribution in [0.1, 0.15) is 31.5 Å². The van der Waals surface area contributed by atoms with Crippen molar-refractivity contribution in [1.82, 2.24) is 25.6 Å². The number of amides is 2. The Morgan fingerprint density at radius 2 is 1.88 bits per heavy atom. The van der Waals surface area contributed by atoms with Crippen LogP contribution in [0.4, 0.5) is 0 Å². The number of aromatic amines is 2. The molecule has 0 fully saturated rings. The highest BCUT2D eigenvalue weighted by Crippen LogP contribution is 2.19. The lowest BCUT2D eigenvalue weighted by molar-refractivity contribution is -0.143. The first-order valence-electron chi connectivity index (χ1n) is 10.9. The Kier molecular flexibility index (Phi) is 7.83. The number of benzene rings is 1. The van der Waals surface area contributed by atoms with Crippen molar-refractivity contribution in [3.05, 3.63) is 54.2 Å². The van der Waals surface area contributed by atoms with Gasteiger partial charge in [0.05, 0.1) is 12.4 Å². The van der Waals surface area contributed by atoms with Gasteiger partial charge < -0.3 is 31.4 Å². The molecule has 7 N–H and O–H groups in total. The smallest absolute Gasteiger partial charge is 0.326 e. The molecule has 10 heteroatoms. The number of carboxylic acid groups (broad SMARTS) is 1. The van der Waals surface area contributed by atoms with E-state index in [9.17, 15) is 19.5 Å². The second-order valence-electron chi connectivity index (χ2n) is 8.22. The standard InChI is InChI=1S/C23H30N6O4/c1-3-13(2)20(23(32)33)29-22(31)19(8-14-10-26-18-7-5-4-6-16(14)18)28-21(30)17(24)9-15-11-25-12-27-15/h4-7,10-13,17,19-20,26H,3,8-9,24H2,1-2H3,(H,25,27)(H,28,30)(H,29,31)(H,32,33). The largest absolute Gasteiger partial charge is 0.480 e. The van der Waals surface area contributed by atoms with E-state index in [4.69, 9.17) is 5.73 Å². The number of carbonyl (C=O) groups is 3. The van der Waals surface area contributed by atoms with E-state index in [0.717, 1.165) is 16.5 Å². The molecular weight excluding hydrogens is 424 g/mol. The SMILES string of the molecule is CCC(C)C(NC(=O)C(Cc1c[nH]c2ccccc12)NC(=O)C(N)Cc1cnc[nH]1)C(=O)O. The topological polar surface area (TPSA) is 166 Å². The fourth-order valence-electron chi connectivity index (χ4n) is 3.67. The van der Waals surface area contributed by atoms with Crippen molar-refractivity contribution in [2.45, 2.75) is 51.2 Å². The Bertz CT molecular complexity index is 1090. The first kappa shape index (κ1) is 24.0. The number of aliphatic carboxylic acids is 1. The third-order valence-corrected chi connectivity index (χ3v) is 5.84. The average Bonchev–Trinajstić information content (AvgIpc) is 3.46. The Morgan fingerprint density at radius 3 is 2.55 bits per heavy atom. The van der Waals surface area contributed by atoms with E-state index in [1.165, 1.54) is 6.33 Å². The Morgan fingerprint density at radius 1 is 1.12 bits per heavy atom. The maximum Gasteiger partial charge on any atom is 0.326 e. The van der Waals surface area contributed by atoms with Gasteiger partial charge in [-0.2, -0.15) is 0 Å². The van der Waals surface area contributed by atoms with Crippen molar-refractivity contribution < 1.29 is 19.5 Å². The molecule has 176 valence electrons. The van der Waals surface area contributed by atoms with Crippen LogP contribution >= 0.6 is 0 Å². The summed E-state index contributed by atoms with van der Waals surface area (Å²) in [5, 5.41) is 15.8. The van der Waals surface area contributed by atoms with Crippen molar-refractivity contribution in [2.24, 2.45) is 11.7 Å². The molecule has 0 saturated heterocycles. The van der Waals surface area contributed by atoms with Gasteiger partial charge in [0, 0.05) is 41.8 Å². The molecule has 0 aliphatic carbocycles. The molecule has 4 atom stereocenters. The molecule has 4 unspecified atom stereocenters. The highest BCUT2D eigenvalue weighted by molar-refractivity contribution is 5.93. The molecule has 10 nitrogen and oxygen atoms in total. The van der Waals surface area contributed by atoms with Crippen LogP contribution < -0.4 is 16.4 Å². The van der Waals surface area contributed by atoms with Crippen molar-refractivity contribution in [3.63, 3.8) is 0 Å². The Hall–Kier alpha value is -3.66. The van der Waals surface area contributed by atoms with E-state index in [0.29, 0.717) is 12.1 Å². The molecule has 0 aliphatic rings. The van der Waals surface area contributed by atoms with Crippen molar-refractivity contribution in [1.29, 1.82) is 0 Å². The van der Waals surface area contributed by atoms with Crippen LogP contribution in [0.25, 0.3) is 10.9 Å². The summed E-state index contributed by atoms with van der Waals surface area (Å²) in [6, 6.07) is 4.63. The fourth-order valence-corrected chi connectivity index (χ4v) is 3.67. The number of para-hydroxylation sites is 1. The van der Waals surface area contributed by atoms with Gasteiger partial charge >= 0.3 is 5.97 Å². The van der Waals surface area contributed by atoms with Gasteiger partial charge in [0.2, 0.25) is 11.8 Å². The summed E-state index contributed by atoms with van der Waals surface area (Å²) in [4.78, 5) is 47.6. The van der Waals surface area contributed by atoms with Crippen LogP contribution in [-0.2, 0) is 27.2 Å². The number of hydrogen-bond donors (Lipinski definition) is 6. The van der Waals surface area contributed by atoms with E-state index in [-0.39, 0.29) is 18.8 Å². The van der Waals surface area contributed by atoms with E-state index in [1.807, 2.05) is 31.2 Å². The summed E-state index contributed by atoms with van der Waals surface area (Å²) in [5.74, 6) is -2.49. The monoisotopic (exact) mass is 454 g/mol. The number of H-pyrrole nitrogens is 2. The van der Waals surface area contributed by atoms with Gasteiger partial charge in [0.25, 0.3) is 0 Å². The number of nitrogens with one attached hydrogen (secondary N) is 4. The minimum Gasteiger partial charge on any atom is -0.480 e. The molecular formula is C23H30N6O4. The highest BCUT2D eigenvalue weighted by atomic mass is 16.4. The Labute approximate surface area is 191 Å². The van der Waals surface area contributed by atoms with Crippen LogP contribution in [0.5, 0.6) is 0 Å². The predicted molar refractivity (Wildman–Crippen MR) is 123 cm³/mol. The average molecular weight is 455 g/mol. The molecule has 0 radical (unpaired) electrons. The molecule has 0 saturated carbocycles. The number of aromatic nitrogens is 3. The zero-order valence-corrected chi connectivity index (χ0v) is 18.7. The fraction of sp³-hybridized carbons (Fsp3) is 0.391. The number of nitrogens with zero attached hydrogens (tertiary/aromatic N) is 1. The molecule has 3 rings (SSSR count). The van der Waals surface area contributed by atoms with Gasteiger partial charge in [-0.05, 0) is 17.5 Å². The van der Waals surface area contributed by atoms with E-state index < -0.39 is 35.9 Å². The lowest BCUT2D eigenvalue weighted by Crippen LogP contribution is -2.56. The van der Waals surface area contributed by atoms with Crippen LogP contribution in [0.2, 0.25) is 0 Å². The van der Waals surface area contributed by atoms with Crippen LogP contribution in [0.3, 0.4) is 0 Å². The first-order valence-corrected chi connectivity index (χ1v) is 10.9. The minimum absolute atomic E-state index is 0.172. The summed E-state index contributed by atoms with van der Waals surface area (Å²) in [7, 11) is 0. The maximum absolute atomic E-state index is 13.2. The van der Waals surface area contributed by atoms with Crippen LogP contribution in [-0.4, -0.2) is 56.0 Å². The summed E-state index contributed by atoms with van der Waals surface area (Å²) in [6.07, 6.45) is 5.82. The van der Waals surface area contributed by atoms with Gasteiger partial charge in [0.15, 0.2) is 0 Å². The van der Waals surface area contributed by atoms with Crippen LogP contribution in [0.15, 0.2) is 43.0 Å². The zero-order chi connectivity index (χ0) is 24.0. The quantitative estimate of drug-likeness (QED) is 0.254. The molecule has 2 amide bonds. The molecule has 2 aromatic heterocycles. The van der Waals surface area contributed by atoms with Gasteiger partial charge in [-0.25, -0.2) is 9.78 Å². The van der Waals surface area contributed by atoms with Crippen molar-refractivity contribution in [2.75, 3.05) is 0 Å². The summed E-state index contributed by atoms with van der Waals surface area (Å²) < 4.78 is 0. The van der Waals surface area contributed by atoms with Crippen LogP contribution in [0, 0.1) is 5.92 Å². The van der Waals surface area contributed by atoms with Gasteiger partial charge in [-0.3, -0.25) is 9.59 Å². The number of rotatable bonds is 11. The molecule has 0 spiro atoms. The maximum atomic E-state index is 13.2. The molecule has 1 aromatic carbocycles. The second-order valence-corrected chi connectivity index (χ2v) is 8.22. The van der Waals surface area contributed by atoms with E-state index in [2.05, 4.69) is 25.6 Å². The molecule has 3 aromatic rings. The Balaban J connectivity index is 1.80. The van der Waals surface area contributed by atoms with E-state index in [1.54, 1.807) is 19.3 Å². The zero-order valence-electron chi connectivity index (χ0n) is 18.7. The molecule has 0 bridgehead atoms. The highest BCUT2D eigenvalue weighted by Gasteiger charge is 2.31. The molecule has 33 heavy (non-hydrogen) atoms.